The molecule has 0 heterocycles. The van der Waals surface area contributed by atoms with Crippen LogP contribution >= 0.6 is 0 Å². The third-order valence-electron chi connectivity index (χ3n) is 4.93. The van der Waals surface area contributed by atoms with Crippen LogP contribution in [0.4, 0.5) is 0 Å². The summed E-state index contributed by atoms with van der Waals surface area (Å²) in [6.07, 6.45) is 1.83. The first-order valence-corrected chi connectivity index (χ1v) is 9.74. The van der Waals surface area contributed by atoms with Crippen LogP contribution in [0, 0.1) is 11.3 Å². The smallest absolute Gasteiger partial charge is 0.343 e. The van der Waals surface area contributed by atoms with Crippen molar-refractivity contribution in [2.75, 3.05) is 7.11 Å². The molecule has 150 valence electrons. The molecule has 0 spiro atoms. The Labute approximate surface area is 180 Å². The summed E-state index contributed by atoms with van der Waals surface area (Å²) in [6.45, 7) is 0. The highest BCUT2D eigenvalue weighted by atomic mass is 16.5. The maximum absolute atomic E-state index is 12.3. The zero-order chi connectivity index (χ0) is 21.6. The molecule has 4 nitrogen and oxygen atoms in total. The summed E-state index contributed by atoms with van der Waals surface area (Å²) in [5.41, 5.74) is 2.73. The van der Waals surface area contributed by atoms with Gasteiger partial charge in [-0.15, -0.1) is 0 Å². The Kier molecular flexibility index (Phi) is 5.77. The molecule has 0 aliphatic rings. The lowest BCUT2D eigenvalue weighted by Crippen LogP contribution is -2.08. The standard InChI is InChI=1S/C27H19NO3/c1-30-23-15-11-21(12-16-23)27(29)31-24-13-9-19(10-14-24)17-22(18-28)26-8-4-6-20-5-2-3-7-25(20)26/h2-17H,1H3/b22-17-. The third kappa shape index (κ3) is 4.47. The van der Waals surface area contributed by atoms with Crippen molar-refractivity contribution in [1.82, 2.24) is 0 Å². The molecule has 0 amide bonds. The number of esters is 1. The number of ether oxygens (including phenoxy) is 2. The predicted octanol–water partition coefficient (Wildman–Crippen LogP) is 6.13. The summed E-state index contributed by atoms with van der Waals surface area (Å²) in [4.78, 5) is 12.3. The first kappa shape index (κ1) is 19.9. The van der Waals surface area contributed by atoms with Gasteiger partial charge in [-0.2, -0.15) is 5.26 Å². The molecule has 0 atom stereocenters. The Morgan fingerprint density at radius 1 is 0.839 bits per heavy atom. The molecule has 0 N–H and O–H groups in total. The minimum Gasteiger partial charge on any atom is -0.497 e. The average Bonchev–Trinajstić information content (AvgIpc) is 2.83. The molecule has 0 radical (unpaired) electrons. The molecule has 4 rings (SSSR count). The lowest BCUT2D eigenvalue weighted by molar-refractivity contribution is 0.0734. The van der Waals surface area contributed by atoms with E-state index in [1.165, 1.54) is 0 Å². The molecule has 0 unspecified atom stereocenters. The van der Waals surface area contributed by atoms with Crippen LogP contribution in [0.1, 0.15) is 21.5 Å². The van der Waals surface area contributed by atoms with Crippen LogP contribution in [-0.4, -0.2) is 13.1 Å². The molecular weight excluding hydrogens is 386 g/mol. The molecule has 0 aliphatic carbocycles. The van der Waals surface area contributed by atoms with E-state index in [0.717, 1.165) is 21.9 Å². The van der Waals surface area contributed by atoms with Crippen molar-refractivity contribution in [3.8, 4) is 17.6 Å². The fourth-order valence-electron chi connectivity index (χ4n) is 3.32. The summed E-state index contributed by atoms with van der Waals surface area (Å²) < 4.78 is 10.5. The highest BCUT2D eigenvalue weighted by Crippen LogP contribution is 2.27. The monoisotopic (exact) mass is 405 g/mol. The molecule has 0 saturated heterocycles. The first-order valence-electron chi connectivity index (χ1n) is 9.74. The Balaban J connectivity index is 1.54. The number of carbonyl (C=O) groups is 1. The number of methoxy groups -OCH3 is 1. The molecule has 0 fully saturated rings. The van der Waals surface area contributed by atoms with Crippen LogP contribution < -0.4 is 9.47 Å². The van der Waals surface area contributed by atoms with E-state index in [4.69, 9.17) is 9.47 Å². The van der Waals surface area contributed by atoms with Crippen molar-refractivity contribution >= 4 is 28.4 Å². The van der Waals surface area contributed by atoms with Crippen LogP contribution in [0.5, 0.6) is 11.5 Å². The number of hydrogen-bond donors (Lipinski definition) is 0. The summed E-state index contributed by atoms with van der Waals surface area (Å²) in [5, 5.41) is 11.9. The van der Waals surface area contributed by atoms with Crippen LogP contribution in [-0.2, 0) is 0 Å². The number of benzene rings is 4. The second-order valence-electron chi connectivity index (χ2n) is 6.88. The lowest BCUT2D eigenvalue weighted by atomic mass is 9.97. The van der Waals surface area contributed by atoms with Gasteiger partial charge < -0.3 is 9.47 Å². The summed E-state index contributed by atoms with van der Waals surface area (Å²) in [5.74, 6) is 0.660. The van der Waals surface area contributed by atoms with Crippen molar-refractivity contribution in [1.29, 1.82) is 5.26 Å². The van der Waals surface area contributed by atoms with Crippen LogP contribution in [0.2, 0.25) is 0 Å². The van der Waals surface area contributed by atoms with Crippen molar-refractivity contribution in [3.63, 3.8) is 0 Å². The van der Waals surface area contributed by atoms with E-state index in [0.29, 0.717) is 22.6 Å². The number of carbonyl (C=O) groups excluding carboxylic acids is 1. The van der Waals surface area contributed by atoms with Gasteiger partial charge >= 0.3 is 5.97 Å². The molecule has 4 heteroatoms. The second-order valence-corrected chi connectivity index (χ2v) is 6.88. The largest absolute Gasteiger partial charge is 0.497 e. The minimum absolute atomic E-state index is 0.432. The molecule has 0 bridgehead atoms. The molecule has 0 saturated carbocycles. The summed E-state index contributed by atoms with van der Waals surface area (Å²) in [7, 11) is 1.57. The van der Waals surface area contributed by atoms with E-state index in [1.807, 2.05) is 60.7 Å². The van der Waals surface area contributed by atoms with Crippen LogP contribution in [0.15, 0.2) is 91.0 Å². The normalized spacial score (nSPS) is 11.0. The topological polar surface area (TPSA) is 59.3 Å². The van der Waals surface area contributed by atoms with E-state index in [1.54, 1.807) is 43.5 Å². The van der Waals surface area contributed by atoms with Gasteiger partial charge in [0.05, 0.1) is 24.3 Å². The van der Waals surface area contributed by atoms with E-state index in [-0.39, 0.29) is 0 Å². The minimum atomic E-state index is -0.445. The summed E-state index contributed by atoms with van der Waals surface area (Å²) >= 11 is 0. The first-order chi connectivity index (χ1) is 15.2. The number of nitriles is 1. The average molecular weight is 405 g/mol. The van der Waals surface area contributed by atoms with E-state index in [9.17, 15) is 10.1 Å². The van der Waals surface area contributed by atoms with Crippen molar-refractivity contribution < 1.29 is 14.3 Å². The predicted molar refractivity (Wildman–Crippen MR) is 122 cm³/mol. The van der Waals surface area contributed by atoms with Gasteiger partial charge in [-0.3, -0.25) is 0 Å². The quantitative estimate of drug-likeness (QED) is 0.173. The maximum Gasteiger partial charge on any atom is 0.343 e. The number of allylic oxidation sites excluding steroid dienone is 1. The fraction of sp³-hybridized carbons (Fsp3) is 0.0370. The van der Waals surface area contributed by atoms with Gasteiger partial charge in [-0.25, -0.2) is 4.79 Å². The number of fused-ring (bicyclic) bond motifs is 1. The van der Waals surface area contributed by atoms with Gasteiger partial charge in [-0.05, 0) is 58.8 Å². The second kappa shape index (κ2) is 8.98. The molecule has 31 heavy (non-hydrogen) atoms. The number of nitrogens with zero attached hydrogens (tertiary/aromatic N) is 1. The van der Waals surface area contributed by atoms with Crippen LogP contribution in [0.25, 0.3) is 22.4 Å². The number of hydrogen-bond acceptors (Lipinski definition) is 4. The molecule has 0 aromatic heterocycles. The van der Waals surface area contributed by atoms with Gasteiger partial charge in [0.25, 0.3) is 0 Å². The van der Waals surface area contributed by atoms with E-state index >= 15 is 0 Å². The van der Waals surface area contributed by atoms with E-state index < -0.39 is 5.97 Å². The van der Waals surface area contributed by atoms with Crippen molar-refractivity contribution in [2.45, 2.75) is 0 Å². The van der Waals surface area contributed by atoms with E-state index in [2.05, 4.69) is 6.07 Å². The Hall–Kier alpha value is -4.36. The van der Waals surface area contributed by atoms with Crippen molar-refractivity contribution in [2.24, 2.45) is 0 Å². The van der Waals surface area contributed by atoms with Gasteiger partial charge in [-0.1, -0.05) is 54.6 Å². The third-order valence-corrected chi connectivity index (χ3v) is 4.93. The van der Waals surface area contributed by atoms with Crippen LogP contribution in [0.3, 0.4) is 0 Å². The highest BCUT2D eigenvalue weighted by molar-refractivity contribution is 6.01. The zero-order valence-electron chi connectivity index (χ0n) is 16.9. The Morgan fingerprint density at radius 2 is 1.52 bits per heavy atom. The Morgan fingerprint density at radius 3 is 2.23 bits per heavy atom. The molecule has 0 aliphatic heterocycles. The number of rotatable bonds is 5. The Bertz CT molecular complexity index is 1290. The summed E-state index contributed by atoms with van der Waals surface area (Å²) in [6, 6.07) is 30.0. The molecular formula is C27H19NO3. The van der Waals surface area contributed by atoms with Crippen molar-refractivity contribution in [3.05, 3.63) is 108 Å². The molecule has 4 aromatic carbocycles. The van der Waals surface area contributed by atoms with Gasteiger partial charge in [0.15, 0.2) is 0 Å². The molecule has 4 aromatic rings. The fourth-order valence-corrected chi connectivity index (χ4v) is 3.32. The zero-order valence-corrected chi connectivity index (χ0v) is 16.9. The van der Waals surface area contributed by atoms with Gasteiger partial charge in [0, 0.05) is 5.56 Å². The van der Waals surface area contributed by atoms with Gasteiger partial charge in [0.2, 0.25) is 0 Å². The lowest BCUT2D eigenvalue weighted by Gasteiger charge is -2.07. The maximum atomic E-state index is 12.3. The van der Waals surface area contributed by atoms with Gasteiger partial charge in [0.1, 0.15) is 11.5 Å². The highest BCUT2D eigenvalue weighted by Gasteiger charge is 2.09. The SMILES string of the molecule is COc1ccc(C(=O)Oc2ccc(/C=C(/C#N)c3cccc4ccccc34)cc2)cc1.